The molecule has 3 rings (SSSR count). The number of nitrogens with zero attached hydrogens (tertiary/aromatic N) is 2. The highest BCUT2D eigenvalue weighted by Crippen LogP contribution is 2.30. The molecule has 0 aliphatic carbocycles. The minimum Gasteiger partial charge on any atom is -0.507 e. The first-order valence-corrected chi connectivity index (χ1v) is 7.01. The van der Waals surface area contributed by atoms with E-state index in [-0.39, 0.29) is 6.04 Å². The van der Waals surface area contributed by atoms with E-state index in [0.29, 0.717) is 12.4 Å². The summed E-state index contributed by atoms with van der Waals surface area (Å²) in [6, 6.07) is 11.6. The van der Waals surface area contributed by atoms with Crippen molar-refractivity contribution in [2.45, 2.75) is 26.5 Å². The monoisotopic (exact) mass is 282 g/mol. The van der Waals surface area contributed by atoms with Crippen molar-refractivity contribution in [3.05, 3.63) is 54.5 Å². The van der Waals surface area contributed by atoms with Gasteiger partial charge in [-0.05, 0) is 44.2 Å². The molecule has 2 aromatic heterocycles. The van der Waals surface area contributed by atoms with Gasteiger partial charge < -0.3 is 14.4 Å². The van der Waals surface area contributed by atoms with Gasteiger partial charge in [0.05, 0.1) is 17.4 Å². The van der Waals surface area contributed by atoms with E-state index in [0.717, 1.165) is 22.3 Å². The summed E-state index contributed by atoms with van der Waals surface area (Å²) in [4.78, 5) is 4.04. The molecule has 0 amide bonds. The maximum Gasteiger partial charge on any atom is 0.138 e. The number of hydrogen-bond acceptors (Lipinski definition) is 3. The third-order valence-corrected chi connectivity index (χ3v) is 3.48. The Balaban J connectivity index is 1.98. The van der Waals surface area contributed by atoms with Crippen molar-refractivity contribution < 1.29 is 9.84 Å². The fourth-order valence-electron chi connectivity index (χ4n) is 2.60. The van der Waals surface area contributed by atoms with E-state index in [2.05, 4.69) is 23.4 Å². The number of hydrogen-bond donors (Lipinski definition) is 1. The molecule has 0 fully saturated rings. The van der Waals surface area contributed by atoms with Crippen LogP contribution in [0.15, 0.2) is 48.8 Å². The van der Waals surface area contributed by atoms with Gasteiger partial charge in [-0.25, -0.2) is 0 Å². The summed E-state index contributed by atoms with van der Waals surface area (Å²) in [5, 5.41) is 10.9. The molecule has 0 aliphatic heterocycles. The van der Waals surface area contributed by atoms with E-state index < -0.39 is 0 Å². The predicted octanol–water partition coefficient (Wildman–Crippen LogP) is 3.90. The van der Waals surface area contributed by atoms with Gasteiger partial charge in [-0.2, -0.15) is 0 Å². The van der Waals surface area contributed by atoms with Crippen molar-refractivity contribution in [3.8, 4) is 11.5 Å². The lowest BCUT2D eigenvalue weighted by atomic mass is 10.2. The zero-order valence-corrected chi connectivity index (χ0v) is 12.2. The molecular formula is C17H18N2O2. The summed E-state index contributed by atoms with van der Waals surface area (Å²) in [5.74, 6) is 1.04. The quantitative estimate of drug-likeness (QED) is 0.789. The first-order chi connectivity index (χ1) is 10.2. The Morgan fingerprint density at radius 1 is 1.24 bits per heavy atom. The Kier molecular flexibility index (Phi) is 3.52. The average molecular weight is 282 g/mol. The van der Waals surface area contributed by atoms with Crippen LogP contribution in [0.1, 0.15) is 25.6 Å². The van der Waals surface area contributed by atoms with E-state index in [1.165, 1.54) is 0 Å². The molecule has 0 unspecified atom stereocenters. The summed E-state index contributed by atoms with van der Waals surface area (Å²) in [6.45, 7) is 4.69. The molecule has 1 N–H and O–H groups in total. The largest absolute Gasteiger partial charge is 0.507 e. The minimum absolute atomic E-state index is 0.289. The number of aromatic nitrogens is 2. The molecule has 4 heteroatoms. The molecule has 3 aromatic rings. The van der Waals surface area contributed by atoms with Crippen LogP contribution in [0.25, 0.3) is 10.9 Å². The van der Waals surface area contributed by atoms with Crippen molar-refractivity contribution in [2.75, 3.05) is 0 Å². The zero-order valence-electron chi connectivity index (χ0n) is 12.2. The van der Waals surface area contributed by atoms with Crippen molar-refractivity contribution in [2.24, 2.45) is 0 Å². The van der Waals surface area contributed by atoms with Crippen LogP contribution >= 0.6 is 0 Å². The topological polar surface area (TPSA) is 47.3 Å². The molecule has 0 spiro atoms. The minimum atomic E-state index is 0.289. The zero-order chi connectivity index (χ0) is 14.8. The van der Waals surface area contributed by atoms with Gasteiger partial charge in [0.2, 0.25) is 0 Å². The molecule has 1 aromatic carbocycles. The van der Waals surface area contributed by atoms with Crippen LogP contribution in [0.4, 0.5) is 0 Å². The van der Waals surface area contributed by atoms with Gasteiger partial charge in [0, 0.05) is 17.6 Å². The number of pyridine rings is 1. The lowest BCUT2D eigenvalue weighted by Gasteiger charge is -2.15. The fraction of sp³-hybridized carbons (Fsp3) is 0.235. The first-order valence-electron chi connectivity index (χ1n) is 7.01. The number of rotatable bonds is 4. The molecule has 0 atom stereocenters. The van der Waals surface area contributed by atoms with Crippen LogP contribution in [0.2, 0.25) is 0 Å². The molecule has 2 heterocycles. The maximum atomic E-state index is 10.0. The lowest BCUT2D eigenvalue weighted by molar-refractivity contribution is 0.292. The van der Waals surface area contributed by atoms with Gasteiger partial charge >= 0.3 is 0 Å². The smallest absolute Gasteiger partial charge is 0.138 e. The molecule has 0 saturated heterocycles. The summed E-state index contributed by atoms with van der Waals surface area (Å²) in [7, 11) is 0. The fourth-order valence-corrected chi connectivity index (χ4v) is 2.60. The summed E-state index contributed by atoms with van der Waals surface area (Å²) >= 11 is 0. The molecular weight excluding hydrogens is 264 g/mol. The third kappa shape index (κ3) is 2.57. The molecule has 4 nitrogen and oxygen atoms in total. The lowest BCUT2D eigenvalue weighted by Crippen LogP contribution is -2.08. The number of phenolic OH excluding ortho intramolecular Hbond substituents is 1. The van der Waals surface area contributed by atoms with E-state index in [4.69, 9.17) is 4.74 Å². The summed E-state index contributed by atoms with van der Waals surface area (Å²) in [6.07, 6.45) is 3.41. The Bertz CT molecular complexity index is 748. The number of fused-ring (bicyclic) bond motifs is 1. The van der Waals surface area contributed by atoms with Crippen LogP contribution in [0.3, 0.4) is 0 Å². The average Bonchev–Trinajstić information content (AvgIpc) is 2.86. The Hall–Kier alpha value is -2.49. The van der Waals surface area contributed by atoms with Crippen LogP contribution in [-0.2, 0) is 6.61 Å². The van der Waals surface area contributed by atoms with Crippen LogP contribution in [0.5, 0.6) is 11.5 Å². The summed E-state index contributed by atoms with van der Waals surface area (Å²) in [5.41, 5.74) is 2.06. The second-order valence-corrected chi connectivity index (χ2v) is 5.29. The second kappa shape index (κ2) is 5.48. The predicted molar refractivity (Wildman–Crippen MR) is 82.6 cm³/mol. The highest BCUT2D eigenvalue weighted by molar-refractivity contribution is 5.87. The van der Waals surface area contributed by atoms with Gasteiger partial charge in [0.15, 0.2) is 0 Å². The van der Waals surface area contributed by atoms with Gasteiger partial charge in [0.25, 0.3) is 0 Å². The third-order valence-electron chi connectivity index (χ3n) is 3.48. The Labute approximate surface area is 123 Å². The Morgan fingerprint density at radius 3 is 2.81 bits per heavy atom. The van der Waals surface area contributed by atoms with E-state index in [1.54, 1.807) is 18.5 Å². The van der Waals surface area contributed by atoms with Crippen LogP contribution < -0.4 is 4.74 Å². The van der Waals surface area contributed by atoms with Crippen molar-refractivity contribution >= 4 is 10.9 Å². The van der Waals surface area contributed by atoms with Gasteiger partial charge in [-0.1, -0.05) is 6.07 Å². The van der Waals surface area contributed by atoms with Gasteiger partial charge in [-0.15, -0.1) is 0 Å². The number of ether oxygens (including phenoxy) is 1. The molecule has 0 bridgehead atoms. The van der Waals surface area contributed by atoms with Crippen molar-refractivity contribution in [3.63, 3.8) is 0 Å². The number of aromatic hydroxyl groups is 1. The van der Waals surface area contributed by atoms with E-state index in [1.807, 2.05) is 30.3 Å². The van der Waals surface area contributed by atoms with Crippen LogP contribution in [-0.4, -0.2) is 14.7 Å². The molecule has 0 saturated carbocycles. The van der Waals surface area contributed by atoms with Crippen molar-refractivity contribution in [1.82, 2.24) is 9.55 Å². The highest BCUT2D eigenvalue weighted by atomic mass is 16.5. The maximum absolute atomic E-state index is 10.0. The standard InChI is InChI=1S/C17H18N2O2/c1-12(2)19-13(11-21-14-5-4-8-18-10-14)9-15-16(19)6-3-7-17(15)20/h3-10,12,20H,11H2,1-2H3. The molecule has 21 heavy (non-hydrogen) atoms. The SMILES string of the molecule is CC(C)n1c(COc2cccnc2)cc2c(O)cccc21. The number of phenols is 1. The van der Waals surface area contributed by atoms with Gasteiger partial charge in [0.1, 0.15) is 18.1 Å². The Morgan fingerprint density at radius 2 is 2.10 bits per heavy atom. The normalized spacial score (nSPS) is 11.2. The number of benzene rings is 1. The van der Waals surface area contributed by atoms with Gasteiger partial charge in [-0.3, -0.25) is 4.98 Å². The molecule has 0 aliphatic rings. The highest BCUT2D eigenvalue weighted by Gasteiger charge is 2.14. The second-order valence-electron chi connectivity index (χ2n) is 5.29. The van der Waals surface area contributed by atoms with E-state index >= 15 is 0 Å². The van der Waals surface area contributed by atoms with Crippen molar-refractivity contribution in [1.29, 1.82) is 0 Å². The van der Waals surface area contributed by atoms with Crippen LogP contribution in [0, 0.1) is 0 Å². The van der Waals surface area contributed by atoms with E-state index in [9.17, 15) is 5.11 Å². The summed E-state index contributed by atoms with van der Waals surface area (Å²) < 4.78 is 7.97. The molecule has 108 valence electrons. The molecule has 0 radical (unpaired) electrons. The first kappa shape index (κ1) is 13.5.